The van der Waals surface area contributed by atoms with Gasteiger partial charge in [0.25, 0.3) is 5.91 Å². The lowest BCUT2D eigenvalue weighted by Crippen LogP contribution is -2.37. The smallest absolute Gasteiger partial charge is 0.331 e. The fraction of sp³-hybridized carbons (Fsp3) is 0.500. The summed E-state index contributed by atoms with van der Waals surface area (Å²) in [4.78, 5) is 40.0. The maximum atomic E-state index is 12.9. The van der Waals surface area contributed by atoms with Crippen molar-refractivity contribution in [3.63, 3.8) is 0 Å². The van der Waals surface area contributed by atoms with E-state index in [2.05, 4.69) is 21.2 Å². The molecule has 0 aliphatic heterocycles. The van der Waals surface area contributed by atoms with Gasteiger partial charge in [0.15, 0.2) is 16.0 Å². The van der Waals surface area contributed by atoms with Crippen LogP contribution < -0.4 is 10.0 Å². The zero-order valence-electron chi connectivity index (χ0n) is 20.6. The van der Waals surface area contributed by atoms with E-state index in [1.807, 2.05) is 0 Å². The maximum Gasteiger partial charge on any atom is 0.331 e. The molecule has 11 heteroatoms. The average Bonchev–Trinajstić information content (AvgIpc) is 3.55. The molecule has 2 N–H and O–H groups in total. The second-order valence-electron chi connectivity index (χ2n) is 9.22. The number of amides is 4. The summed E-state index contributed by atoms with van der Waals surface area (Å²) in [5, 5.41) is 7.22. The topological polar surface area (TPSA) is 117 Å². The van der Waals surface area contributed by atoms with E-state index in [9.17, 15) is 18.6 Å². The van der Waals surface area contributed by atoms with E-state index in [0.717, 1.165) is 44.2 Å². The first-order chi connectivity index (χ1) is 16.7. The van der Waals surface area contributed by atoms with E-state index in [1.54, 1.807) is 21.1 Å². The van der Waals surface area contributed by atoms with Crippen molar-refractivity contribution in [1.29, 1.82) is 0 Å². The molecule has 0 saturated carbocycles. The second kappa shape index (κ2) is 10.2. The number of anilines is 1. The zero-order valence-corrected chi connectivity index (χ0v) is 21.5. The number of rotatable bonds is 7. The number of nitrogens with zero attached hydrogens (tertiary/aromatic N) is 4. The monoisotopic (exact) mass is 500 g/mol. The number of fused-ring (bicyclic) bond motifs is 2. The van der Waals surface area contributed by atoms with E-state index < -0.39 is 17.0 Å². The van der Waals surface area contributed by atoms with Gasteiger partial charge in [-0.1, -0.05) is 6.07 Å². The third-order valence-electron chi connectivity index (χ3n) is 6.82. The molecule has 4 rings (SSSR count). The molecule has 1 heterocycles. The van der Waals surface area contributed by atoms with E-state index in [4.69, 9.17) is 0 Å². The average molecular weight is 501 g/mol. The minimum absolute atomic E-state index is 0.0844. The van der Waals surface area contributed by atoms with Crippen LogP contribution in [0.15, 0.2) is 17.2 Å². The Morgan fingerprint density at radius 1 is 1.00 bits per heavy atom. The minimum Gasteiger partial charge on any atom is -0.344 e. The molecular weight excluding hydrogens is 468 g/mol. The Bertz CT molecular complexity index is 1170. The largest absolute Gasteiger partial charge is 0.344 e. The van der Waals surface area contributed by atoms with Crippen molar-refractivity contribution in [3.05, 3.63) is 40.1 Å². The highest BCUT2D eigenvalue weighted by Gasteiger charge is 2.26. The number of urea groups is 1. The van der Waals surface area contributed by atoms with Gasteiger partial charge in [0, 0.05) is 52.9 Å². The van der Waals surface area contributed by atoms with E-state index >= 15 is 0 Å². The van der Waals surface area contributed by atoms with Gasteiger partial charge in [0.05, 0.1) is 0 Å². The van der Waals surface area contributed by atoms with Gasteiger partial charge in [0.1, 0.15) is 5.69 Å². The van der Waals surface area contributed by atoms with Crippen LogP contribution in [-0.4, -0.2) is 68.8 Å². The predicted molar refractivity (Wildman–Crippen MR) is 133 cm³/mol. The third-order valence-corrected chi connectivity index (χ3v) is 7.77. The molecule has 4 amide bonds. The number of carbonyl (C=O) groups is 3. The van der Waals surface area contributed by atoms with Crippen LogP contribution in [0.1, 0.15) is 52.5 Å². The van der Waals surface area contributed by atoms with Crippen molar-refractivity contribution in [2.24, 2.45) is 7.05 Å². The van der Waals surface area contributed by atoms with Gasteiger partial charge >= 0.3 is 6.03 Å². The number of hydrogen-bond donors (Lipinski definition) is 2. The molecule has 2 aliphatic carbocycles. The molecule has 1 aromatic heterocycles. The Labute approximate surface area is 207 Å². The fourth-order valence-electron chi connectivity index (χ4n) is 4.73. The van der Waals surface area contributed by atoms with E-state index in [1.165, 1.54) is 49.7 Å². The summed E-state index contributed by atoms with van der Waals surface area (Å²) in [5.41, 5.74) is 6.09. The van der Waals surface area contributed by atoms with Crippen LogP contribution >= 0.6 is 0 Å². The standard InChI is InChI=1S/C24H32N6O4S/c1-15(31)28(2)11-12-29(3)23(32)20-14-21(26-30(20)4)35(34)27-24(33)25-22-18-9-5-7-16(18)13-17-8-6-10-19(17)22/h13-14H,5-12H2,1-4H3,(H2,25,27,33). The van der Waals surface area contributed by atoms with E-state index in [-0.39, 0.29) is 22.5 Å². The first kappa shape index (κ1) is 24.9. The van der Waals surface area contributed by atoms with Gasteiger partial charge in [-0.05, 0) is 60.8 Å². The molecule has 0 spiro atoms. The van der Waals surface area contributed by atoms with Gasteiger partial charge in [-0.15, -0.1) is 0 Å². The highest BCUT2D eigenvalue weighted by molar-refractivity contribution is 7.83. The molecule has 188 valence electrons. The Kier molecular flexibility index (Phi) is 7.25. The van der Waals surface area contributed by atoms with Crippen molar-refractivity contribution in [2.75, 3.05) is 32.5 Å². The molecule has 1 unspecified atom stereocenters. The molecule has 1 atom stereocenters. The number of aryl methyl sites for hydroxylation is 3. The number of benzene rings is 1. The molecule has 10 nitrogen and oxygen atoms in total. The molecule has 0 saturated heterocycles. The first-order valence-electron chi connectivity index (χ1n) is 11.8. The van der Waals surface area contributed by atoms with Crippen LogP contribution in [0.3, 0.4) is 0 Å². The molecule has 2 aromatic rings. The van der Waals surface area contributed by atoms with E-state index in [0.29, 0.717) is 13.1 Å². The second-order valence-corrected chi connectivity index (χ2v) is 10.4. The van der Waals surface area contributed by atoms with Crippen LogP contribution in [-0.2, 0) is 48.5 Å². The van der Waals surface area contributed by atoms with Gasteiger partial charge in [-0.2, -0.15) is 5.10 Å². The maximum absolute atomic E-state index is 12.9. The molecule has 0 radical (unpaired) electrons. The molecule has 2 aliphatic rings. The SMILES string of the molecule is CC(=O)N(C)CCN(C)C(=O)c1cc(S(=O)NC(=O)Nc2c3c(cc4c2CCC4)CCC3)nn1C. The molecule has 35 heavy (non-hydrogen) atoms. The third kappa shape index (κ3) is 5.24. The van der Waals surface area contributed by atoms with Crippen molar-refractivity contribution < 1.29 is 18.6 Å². The molecule has 1 aromatic carbocycles. The van der Waals surface area contributed by atoms with Gasteiger partial charge in [-0.25, -0.2) is 9.00 Å². The van der Waals surface area contributed by atoms with Gasteiger partial charge < -0.3 is 15.1 Å². The number of aromatic nitrogens is 2. The normalized spacial score (nSPS) is 14.7. The lowest BCUT2D eigenvalue weighted by atomic mass is 9.99. The zero-order chi connectivity index (χ0) is 25.3. The Hall–Kier alpha value is -3.21. The summed E-state index contributed by atoms with van der Waals surface area (Å²) in [7, 11) is 2.94. The summed E-state index contributed by atoms with van der Waals surface area (Å²) in [5.74, 6) is -0.404. The number of hydrogen-bond acceptors (Lipinski definition) is 5. The van der Waals surface area contributed by atoms with Gasteiger partial charge in [-0.3, -0.25) is 19.0 Å². The van der Waals surface area contributed by atoms with Crippen LogP contribution in [0, 0.1) is 0 Å². The number of carbonyl (C=O) groups excluding carboxylic acids is 3. The van der Waals surface area contributed by atoms with Crippen LogP contribution in [0.5, 0.6) is 0 Å². The van der Waals surface area contributed by atoms with Crippen molar-refractivity contribution in [2.45, 2.75) is 50.5 Å². The summed E-state index contributed by atoms with van der Waals surface area (Å²) >= 11 is 0. The number of likely N-dealkylation sites (N-methyl/N-ethyl adjacent to an activating group) is 2. The van der Waals surface area contributed by atoms with Crippen LogP contribution in [0.2, 0.25) is 0 Å². The lowest BCUT2D eigenvalue weighted by molar-refractivity contribution is -0.127. The summed E-state index contributed by atoms with van der Waals surface area (Å²) < 4.78 is 16.7. The highest BCUT2D eigenvalue weighted by Crippen LogP contribution is 2.38. The summed E-state index contributed by atoms with van der Waals surface area (Å²) in [6.07, 6.45) is 6.06. The Balaban J connectivity index is 1.42. The predicted octanol–water partition coefficient (Wildman–Crippen LogP) is 1.79. The molecular formula is C24H32N6O4S. The molecule has 0 fully saturated rings. The first-order valence-corrected chi connectivity index (χ1v) is 13.0. The van der Waals surface area contributed by atoms with Crippen LogP contribution in [0.25, 0.3) is 0 Å². The number of nitrogens with one attached hydrogen (secondary N) is 2. The van der Waals surface area contributed by atoms with Crippen molar-refractivity contribution in [3.8, 4) is 0 Å². The summed E-state index contributed by atoms with van der Waals surface area (Å²) in [6, 6.07) is 3.15. The quantitative estimate of drug-likeness (QED) is 0.601. The van der Waals surface area contributed by atoms with Gasteiger partial charge in [0.2, 0.25) is 5.91 Å². The molecule has 0 bridgehead atoms. The van der Waals surface area contributed by atoms with Crippen LogP contribution in [0.4, 0.5) is 10.5 Å². The summed E-state index contributed by atoms with van der Waals surface area (Å²) in [6.45, 7) is 2.19. The highest BCUT2D eigenvalue weighted by atomic mass is 32.2. The Morgan fingerprint density at radius 2 is 1.60 bits per heavy atom. The minimum atomic E-state index is -1.94. The fourth-order valence-corrected chi connectivity index (χ4v) is 5.47. The Morgan fingerprint density at radius 3 is 2.20 bits per heavy atom. The van der Waals surface area contributed by atoms with Crippen molar-refractivity contribution >= 4 is 34.5 Å². The lowest BCUT2D eigenvalue weighted by Gasteiger charge is -2.21. The van der Waals surface area contributed by atoms with Crippen molar-refractivity contribution in [1.82, 2.24) is 24.3 Å².